The molecule has 2 atom stereocenters. The largest absolute Gasteiger partial charge is 0.480 e. The molecule has 0 spiro atoms. The van der Waals surface area contributed by atoms with Gasteiger partial charge in [-0.2, -0.15) is 0 Å². The van der Waals surface area contributed by atoms with Gasteiger partial charge in [-0.25, -0.2) is 4.79 Å². The molecule has 1 N–H and O–H groups in total. The van der Waals surface area contributed by atoms with Crippen molar-refractivity contribution >= 4 is 5.97 Å². The molecule has 0 saturated carbocycles. The lowest BCUT2D eigenvalue weighted by Gasteiger charge is -2.16. The average molecular weight is 280 g/mol. The molecule has 5 heteroatoms. The zero-order chi connectivity index (χ0) is 15.0. The molecule has 1 aliphatic heterocycles. The summed E-state index contributed by atoms with van der Waals surface area (Å²) in [6, 6.07) is 0. The number of allylic oxidation sites excluding steroid dienone is 3. The lowest BCUT2D eigenvalue weighted by Crippen LogP contribution is -2.23. The molecular weight excluding hydrogens is 260 g/mol. The van der Waals surface area contributed by atoms with E-state index in [-0.39, 0.29) is 18.8 Å². The maximum Gasteiger partial charge on any atom is 0.329 e. The molecule has 0 aromatic rings. The van der Waals surface area contributed by atoms with Crippen LogP contribution in [0.25, 0.3) is 0 Å². The van der Waals surface area contributed by atoms with Crippen molar-refractivity contribution in [2.45, 2.75) is 38.3 Å². The van der Waals surface area contributed by atoms with Gasteiger partial charge in [0.1, 0.15) is 12.7 Å². The zero-order valence-electron chi connectivity index (χ0n) is 11.7. The number of carboxylic acids is 1. The summed E-state index contributed by atoms with van der Waals surface area (Å²) in [5, 5.41) is 8.49. The summed E-state index contributed by atoms with van der Waals surface area (Å²) in [5.41, 5.74) is 0. The van der Waals surface area contributed by atoms with Crippen LogP contribution in [0, 0.1) is 12.3 Å². The smallest absolute Gasteiger partial charge is 0.329 e. The average Bonchev–Trinajstić information content (AvgIpc) is 2.65. The molecule has 0 radical (unpaired) electrons. The lowest BCUT2D eigenvalue weighted by atomic mass is 10.1. The number of aliphatic carboxylic acids is 1. The summed E-state index contributed by atoms with van der Waals surface area (Å²) in [5.74, 6) is 0.747. The number of hydrogen-bond donors (Lipinski definition) is 1. The van der Waals surface area contributed by atoms with Crippen LogP contribution >= 0.6 is 0 Å². The van der Waals surface area contributed by atoms with Crippen molar-refractivity contribution in [2.75, 3.05) is 13.2 Å². The molecule has 1 fully saturated rings. The summed E-state index contributed by atoms with van der Waals surface area (Å²) in [6.45, 7) is 3.68. The minimum Gasteiger partial charge on any atom is -0.480 e. The molecule has 1 rings (SSSR count). The number of terminal acetylenes is 1. The van der Waals surface area contributed by atoms with E-state index >= 15 is 0 Å². The molecule has 1 saturated heterocycles. The number of carbonyl (C=O) groups is 1. The van der Waals surface area contributed by atoms with E-state index < -0.39 is 11.8 Å². The topological polar surface area (TPSA) is 65.0 Å². The normalized spacial score (nSPS) is 25.2. The Morgan fingerprint density at radius 1 is 1.45 bits per heavy atom. The fourth-order valence-electron chi connectivity index (χ4n) is 1.89. The first-order chi connectivity index (χ1) is 9.44. The van der Waals surface area contributed by atoms with E-state index in [1.807, 2.05) is 19.9 Å². The van der Waals surface area contributed by atoms with Gasteiger partial charge in [0.25, 0.3) is 0 Å². The Morgan fingerprint density at radius 3 is 2.85 bits per heavy atom. The fourth-order valence-corrected chi connectivity index (χ4v) is 1.89. The van der Waals surface area contributed by atoms with Gasteiger partial charge >= 0.3 is 5.97 Å². The molecule has 0 aromatic carbocycles. The van der Waals surface area contributed by atoms with Gasteiger partial charge in [-0.3, -0.25) is 0 Å². The van der Waals surface area contributed by atoms with Gasteiger partial charge in [0.15, 0.2) is 5.79 Å². The summed E-state index contributed by atoms with van der Waals surface area (Å²) in [7, 11) is 0. The van der Waals surface area contributed by atoms with Crippen LogP contribution in [0.3, 0.4) is 0 Å². The Hall–Kier alpha value is -1.61. The predicted molar refractivity (Wildman–Crippen MR) is 74.0 cm³/mol. The highest BCUT2D eigenvalue weighted by molar-refractivity contribution is 5.67. The van der Waals surface area contributed by atoms with E-state index in [9.17, 15) is 4.79 Å². The van der Waals surface area contributed by atoms with Crippen LogP contribution < -0.4 is 0 Å². The Bertz CT molecular complexity index is 416. The maximum atomic E-state index is 10.3. The second-order valence-electron chi connectivity index (χ2n) is 4.78. The second kappa shape index (κ2) is 7.85. The molecule has 0 aromatic heterocycles. The van der Waals surface area contributed by atoms with Crippen molar-refractivity contribution in [3.05, 3.63) is 24.3 Å². The van der Waals surface area contributed by atoms with E-state index in [2.05, 4.69) is 5.92 Å². The second-order valence-corrected chi connectivity index (χ2v) is 4.78. The van der Waals surface area contributed by atoms with Crippen LogP contribution in [0.2, 0.25) is 0 Å². The van der Waals surface area contributed by atoms with Gasteiger partial charge < -0.3 is 19.3 Å². The van der Waals surface area contributed by atoms with Crippen molar-refractivity contribution in [2.24, 2.45) is 0 Å². The predicted octanol–water partition coefficient (Wildman–Crippen LogP) is 1.74. The molecule has 0 unspecified atom stereocenters. The number of ether oxygens (including phenoxy) is 3. The van der Waals surface area contributed by atoms with Crippen LogP contribution in [0.5, 0.6) is 0 Å². The number of hydrogen-bond acceptors (Lipinski definition) is 4. The Morgan fingerprint density at radius 2 is 2.20 bits per heavy atom. The monoisotopic (exact) mass is 280 g/mol. The Labute approximate surface area is 119 Å². The minimum atomic E-state index is -0.982. The van der Waals surface area contributed by atoms with Gasteiger partial charge in [0.2, 0.25) is 0 Å². The van der Waals surface area contributed by atoms with Gasteiger partial charge in [-0.15, -0.1) is 6.42 Å². The van der Waals surface area contributed by atoms with Gasteiger partial charge in [-0.05, 0) is 26.3 Å². The standard InChI is InChI=1S/C15H20O5/c1-4-5-6-7-8-12-13(20-15(2,3)19-12)9-10-18-11-14(16)17/h1,5-8,12-13H,9-11H2,2-3H3,(H,16,17)/t12-,13+/m1/s1. The summed E-state index contributed by atoms with van der Waals surface area (Å²) in [4.78, 5) is 10.3. The third kappa shape index (κ3) is 6.02. The van der Waals surface area contributed by atoms with Crippen LogP contribution in [-0.4, -0.2) is 42.3 Å². The van der Waals surface area contributed by atoms with E-state index in [1.54, 1.807) is 18.2 Å². The minimum absolute atomic E-state index is 0.172. The molecule has 0 amide bonds. The van der Waals surface area contributed by atoms with Gasteiger partial charge in [0.05, 0.1) is 6.10 Å². The summed E-state index contributed by atoms with van der Waals surface area (Å²) >= 11 is 0. The molecule has 0 aliphatic carbocycles. The van der Waals surface area contributed by atoms with Crippen LogP contribution in [0.1, 0.15) is 20.3 Å². The van der Waals surface area contributed by atoms with Crippen molar-refractivity contribution < 1.29 is 24.1 Å². The third-order valence-electron chi connectivity index (χ3n) is 2.60. The maximum absolute atomic E-state index is 10.3. The summed E-state index contributed by atoms with van der Waals surface area (Å²) < 4.78 is 16.5. The van der Waals surface area contributed by atoms with Crippen LogP contribution in [0.4, 0.5) is 0 Å². The van der Waals surface area contributed by atoms with E-state index in [0.29, 0.717) is 13.0 Å². The molecule has 1 heterocycles. The van der Waals surface area contributed by atoms with E-state index in [0.717, 1.165) is 0 Å². The van der Waals surface area contributed by atoms with Crippen molar-refractivity contribution in [3.8, 4) is 12.3 Å². The fraction of sp³-hybridized carbons (Fsp3) is 0.533. The number of rotatable bonds is 7. The van der Waals surface area contributed by atoms with Crippen LogP contribution in [-0.2, 0) is 19.0 Å². The van der Waals surface area contributed by atoms with Crippen molar-refractivity contribution in [1.82, 2.24) is 0 Å². The first-order valence-electron chi connectivity index (χ1n) is 6.39. The van der Waals surface area contributed by atoms with Gasteiger partial charge in [0, 0.05) is 6.61 Å². The third-order valence-corrected chi connectivity index (χ3v) is 2.60. The van der Waals surface area contributed by atoms with Crippen LogP contribution in [0.15, 0.2) is 24.3 Å². The molecule has 1 aliphatic rings. The van der Waals surface area contributed by atoms with Crippen molar-refractivity contribution in [1.29, 1.82) is 0 Å². The highest BCUT2D eigenvalue weighted by Crippen LogP contribution is 2.30. The highest BCUT2D eigenvalue weighted by Gasteiger charge is 2.39. The quantitative estimate of drug-likeness (QED) is 0.437. The summed E-state index contributed by atoms with van der Waals surface area (Å²) in [6.07, 6.45) is 12.3. The van der Waals surface area contributed by atoms with E-state index in [4.69, 9.17) is 25.7 Å². The Balaban J connectivity index is 2.48. The highest BCUT2D eigenvalue weighted by atomic mass is 16.7. The molecule has 5 nitrogen and oxygen atoms in total. The lowest BCUT2D eigenvalue weighted by molar-refractivity contribution is -0.147. The van der Waals surface area contributed by atoms with Gasteiger partial charge in [-0.1, -0.05) is 24.1 Å². The Kier molecular flexibility index (Phi) is 6.46. The molecule has 0 bridgehead atoms. The first kappa shape index (κ1) is 16.4. The molecular formula is C15H20O5. The van der Waals surface area contributed by atoms with E-state index in [1.165, 1.54) is 0 Å². The first-order valence-corrected chi connectivity index (χ1v) is 6.39. The molecule has 20 heavy (non-hydrogen) atoms. The zero-order valence-corrected chi connectivity index (χ0v) is 11.7. The SMILES string of the molecule is C#CC=CC=C[C@H]1OC(C)(C)O[C@H]1CCOCC(=O)O. The number of carboxylic acid groups (broad SMARTS) is 1. The molecule has 110 valence electrons. The van der Waals surface area contributed by atoms with Crippen molar-refractivity contribution in [3.63, 3.8) is 0 Å².